The van der Waals surface area contributed by atoms with E-state index in [-0.39, 0.29) is 12.5 Å². The van der Waals surface area contributed by atoms with Crippen LogP contribution in [0.5, 0.6) is 0 Å². The van der Waals surface area contributed by atoms with E-state index in [0.717, 1.165) is 16.6 Å². The van der Waals surface area contributed by atoms with Gasteiger partial charge in [0.05, 0.1) is 10.7 Å². The van der Waals surface area contributed by atoms with Gasteiger partial charge >= 0.3 is 0 Å². The van der Waals surface area contributed by atoms with Gasteiger partial charge in [-0.1, -0.05) is 30.0 Å². The van der Waals surface area contributed by atoms with Gasteiger partial charge in [0.15, 0.2) is 0 Å². The van der Waals surface area contributed by atoms with Gasteiger partial charge in [0.2, 0.25) is 0 Å². The molecule has 102 valence electrons. The van der Waals surface area contributed by atoms with E-state index in [2.05, 4.69) is 0 Å². The first kappa shape index (κ1) is 14.7. The zero-order valence-corrected chi connectivity index (χ0v) is 12.7. The second-order valence-electron chi connectivity index (χ2n) is 3.63. The highest BCUT2D eigenvalue weighted by atomic mass is 32.2. The number of thiophene rings is 1. The Kier molecular flexibility index (Phi) is 4.41. The molecule has 1 amide bonds. The van der Waals surface area contributed by atoms with Crippen LogP contribution in [0.15, 0.2) is 22.4 Å². The summed E-state index contributed by atoms with van der Waals surface area (Å²) in [5.74, 6) is -0.849. The van der Waals surface area contributed by atoms with Crippen molar-refractivity contribution in [2.75, 3.05) is 12.3 Å². The summed E-state index contributed by atoms with van der Waals surface area (Å²) in [5.41, 5.74) is 0. The fourth-order valence-corrected chi connectivity index (χ4v) is 3.85. The maximum Gasteiger partial charge on any atom is 0.266 e. The lowest BCUT2D eigenvalue weighted by Gasteiger charge is -2.12. The molecule has 0 bridgehead atoms. The molecule has 1 aromatic rings. The SMILES string of the molecule is O=C1/C(=C/c2cccs2)SC(=S)N1CCS(=O)(=O)O. The second kappa shape index (κ2) is 5.71. The summed E-state index contributed by atoms with van der Waals surface area (Å²) in [5, 5.41) is 1.89. The summed E-state index contributed by atoms with van der Waals surface area (Å²) in [7, 11) is -4.11. The van der Waals surface area contributed by atoms with Gasteiger partial charge in [-0.2, -0.15) is 8.42 Å². The second-order valence-corrected chi connectivity index (χ2v) is 7.86. The number of amides is 1. The lowest BCUT2D eigenvalue weighted by Crippen LogP contribution is -2.32. The van der Waals surface area contributed by atoms with Gasteiger partial charge in [-0.25, -0.2) is 0 Å². The zero-order chi connectivity index (χ0) is 14.0. The maximum absolute atomic E-state index is 12.0. The first-order chi connectivity index (χ1) is 8.87. The van der Waals surface area contributed by atoms with Crippen LogP contribution in [0, 0.1) is 0 Å². The van der Waals surface area contributed by atoms with Gasteiger partial charge in [0, 0.05) is 11.4 Å². The van der Waals surface area contributed by atoms with Gasteiger partial charge in [0.1, 0.15) is 4.32 Å². The van der Waals surface area contributed by atoms with Crippen LogP contribution in [0.25, 0.3) is 6.08 Å². The topological polar surface area (TPSA) is 74.7 Å². The Morgan fingerprint density at radius 1 is 1.47 bits per heavy atom. The molecule has 2 rings (SSSR count). The lowest BCUT2D eigenvalue weighted by atomic mass is 10.4. The minimum absolute atomic E-state index is 0.134. The van der Waals surface area contributed by atoms with Crippen LogP contribution in [0.3, 0.4) is 0 Å². The average Bonchev–Trinajstić information content (AvgIpc) is 2.87. The fourth-order valence-electron chi connectivity index (χ4n) is 1.40. The highest BCUT2D eigenvalue weighted by Crippen LogP contribution is 2.33. The Morgan fingerprint density at radius 3 is 2.79 bits per heavy atom. The number of carbonyl (C=O) groups excluding carboxylic acids is 1. The standard InChI is InChI=1S/C10H9NO4S4/c12-9-8(6-7-2-1-4-17-7)18-10(16)11(9)3-5-19(13,14)15/h1-2,4,6H,3,5H2,(H,13,14,15)/b8-6-. The van der Waals surface area contributed by atoms with Gasteiger partial charge < -0.3 is 0 Å². The van der Waals surface area contributed by atoms with E-state index in [1.807, 2.05) is 17.5 Å². The summed E-state index contributed by atoms with van der Waals surface area (Å²) >= 11 is 7.65. The number of thioether (sulfide) groups is 1. The number of carbonyl (C=O) groups is 1. The molecule has 19 heavy (non-hydrogen) atoms. The summed E-state index contributed by atoms with van der Waals surface area (Å²) in [6.45, 7) is -0.134. The Labute approximate surface area is 124 Å². The van der Waals surface area contributed by atoms with E-state index in [4.69, 9.17) is 16.8 Å². The molecule has 0 aliphatic carbocycles. The molecular formula is C10H9NO4S4. The predicted molar refractivity (Wildman–Crippen MR) is 80.6 cm³/mol. The highest BCUT2D eigenvalue weighted by molar-refractivity contribution is 8.26. The van der Waals surface area contributed by atoms with Crippen LogP contribution >= 0.6 is 35.3 Å². The molecule has 0 unspecified atom stereocenters. The summed E-state index contributed by atoms with van der Waals surface area (Å²) in [4.78, 5) is 14.6. The van der Waals surface area contributed by atoms with Gasteiger partial charge in [-0.05, 0) is 17.5 Å². The van der Waals surface area contributed by atoms with Crippen molar-refractivity contribution in [1.82, 2.24) is 4.90 Å². The largest absolute Gasteiger partial charge is 0.292 e. The molecule has 0 spiro atoms. The van der Waals surface area contributed by atoms with Crippen molar-refractivity contribution in [2.45, 2.75) is 0 Å². The number of rotatable bonds is 4. The van der Waals surface area contributed by atoms with Crippen LogP contribution in [0.2, 0.25) is 0 Å². The third-order valence-corrected chi connectivity index (χ3v) is 5.16. The van der Waals surface area contributed by atoms with E-state index in [1.54, 1.807) is 6.08 Å². The average molecular weight is 335 g/mol. The molecule has 0 atom stereocenters. The van der Waals surface area contributed by atoms with Gasteiger partial charge in [-0.3, -0.25) is 14.2 Å². The van der Waals surface area contributed by atoms with Crippen LogP contribution < -0.4 is 0 Å². The minimum atomic E-state index is -4.11. The highest BCUT2D eigenvalue weighted by Gasteiger charge is 2.32. The normalized spacial score (nSPS) is 18.6. The molecule has 1 fully saturated rings. The number of hydrogen-bond donors (Lipinski definition) is 1. The molecule has 1 N–H and O–H groups in total. The summed E-state index contributed by atoms with van der Waals surface area (Å²) in [6, 6.07) is 3.74. The van der Waals surface area contributed by atoms with Gasteiger partial charge in [-0.15, -0.1) is 11.3 Å². The van der Waals surface area contributed by atoms with Gasteiger partial charge in [0.25, 0.3) is 16.0 Å². The van der Waals surface area contributed by atoms with Crippen molar-refractivity contribution in [1.29, 1.82) is 0 Å². The van der Waals surface area contributed by atoms with E-state index >= 15 is 0 Å². The third-order valence-electron chi connectivity index (χ3n) is 2.26. The molecule has 0 saturated carbocycles. The smallest absolute Gasteiger partial charge is 0.266 e. The molecular weight excluding hydrogens is 326 g/mol. The van der Waals surface area contributed by atoms with Crippen molar-refractivity contribution < 1.29 is 17.8 Å². The van der Waals surface area contributed by atoms with Crippen LogP contribution in [-0.2, 0) is 14.9 Å². The van der Waals surface area contributed by atoms with E-state index < -0.39 is 15.9 Å². The van der Waals surface area contributed by atoms with E-state index in [1.165, 1.54) is 16.2 Å². The number of nitrogens with zero attached hydrogens (tertiary/aromatic N) is 1. The van der Waals surface area contributed by atoms with Crippen molar-refractivity contribution in [3.05, 3.63) is 27.3 Å². The Balaban J connectivity index is 2.13. The minimum Gasteiger partial charge on any atom is -0.292 e. The first-order valence-electron chi connectivity index (χ1n) is 5.11. The summed E-state index contributed by atoms with van der Waals surface area (Å²) < 4.78 is 30.4. The molecule has 1 saturated heterocycles. The van der Waals surface area contributed by atoms with E-state index in [0.29, 0.717) is 9.23 Å². The van der Waals surface area contributed by atoms with Crippen molar-refractivity contribution in [3.8, 4) is 0 Å². The molecule has 9 heteroatoms. The summed E-state index contributed by atoms with van der Waals surface area (Å²) in [6.07, 6.45) is 1.72. The van der Waals surface area contributed by atoms with Crippen LogP contribution in [0.1, 0.15) is 4.88 Å². The quantitative estimate of drug-likeness (QED) is 0.514. The Hall–Kier alpha value is -0.740. The van der Waals surface area contributed by atoms with Crippen LogP contribution in [0.4, 0.5) is 0 Å². The van der Waals surface area contributed by atoms with Crippen molar-refractivity contribution in [3.63, 3.8) is 0 Å². The zero-order valence-electron chi connectivity index (χ0n) is 9.48. The molecule has 1 aliphatic rings. The van der Waals surface area contributed by atoms with Crippen molar-refractivity contribution >= 4 is 61.7 Å². The third kappa shape index (κ3) is 3.86. The fraction of sp³-hybridized carbons (Fsp3) is 0.200. The number of hydrogen-bond acceptors (Lipinski definition) is 6. The van der Waals surface area contributed by atoms with Crippen LogP contribution in [-0.4, -0.2) is 40.4 Å². The molecule has 1 aliphatic heterocycles. The van der Waals surface area contributed by atoms with Crippen molar-refractivity contribution in [2.24, 2.45) is 0 Å². The maximum atomic E-state index is 12.0. The Bertz CT molecular complexity index is 632. The molecule has 2 heterocycles. The lowest BCUT2D eigenvalue weighted by molar-refractivity contribution is -0.121. The number of thiocarbonyl (C=S) groups is 1. The molecule has 0 radical (unpaired) electrons. The Morgan fingerprint density at radius 2 is 2.21 bits per heavy atom. The first-order valence-corrected chi connectivity index (χ1v) is 8.82. The monoisotopic (exact) mass is 335 g/mol. The molecule has 5 nitrogen and oxygen atoms in total. The predicted octanol–water partition coefficient (Wildman–Crippen LogP) is 1.84. The molecule has 1 aromatic heterocycles. The molecule has 0 aromatic carbocycles. The van der Waals surface area contributed by atoms with E-state index in [9.17, 15) is 13.2 Å².